The van der Waals surface area contributed by atoms with Crippen molar-refractivity contribution in [2.45, 2.75) is 5.41 Å². The van der Waals surface area contributed by atoms with Crippen molar-refractivity contribution in [2.24, 2.45) is 0 Å². The van der Waals surface area contributed by atoms with Crippen molar-refractivity contribution in [3.8, 4) is 39.8 Å². The van der Waals surface area contributed by atoms with E-state index in [1.165, 1.54) is 49.7 Å². The molecule has 0 saturated carbocycles. The molecule has 3 nitrogen and oxygen atoms in total. The lowest BCUT2D eigenvalue weighted by Gasteiger charge is -2.34. The van der Waals surface area contributed by atoms with Crippen LogP contribution in [-0.4, -0.2) is 11.3 Å². The van der Waals surface area contributed by atoms with E-state index in [4.69, 9.17) is 9.47 Å². The molecule has 246 valence electrons. The molecule has 8 aromatic carbocycles. The Hall–Kier alpha value is -6.78. The molecule has 4 heteroatoms. The Morgan fingerprint density at radius 2 is 1.02 bits per heavy atom. The summed E-state index contributed by atoms with van der Waals surface area (Å²) in [5, 5.41) is 2.43. The van der Waals surface area contributed by atoms with E-state index in [9.17, 15) is 0 Å². The lowest BCUT2D eigenvalue weighted by molar-refractivity contribution is 0.464. The summed E-state index contributed by atoms with van der Waals surface area (Å²) in [7, 11) is 0. The molecule has 0 radical (unpaired) electrons. The minimum atomic E-state index is -0.501. The van der Waals surface area contributed by atoms with Crippen molar-refractivity contribution in [1.29, 1.82) is 0 Å². The zero-order chi connectivity index (χ0) is 34.7. The third kappa shape index (κ3) is 3.74. The largest absolute Gasteiger partial charge is 0.458 e. The zero-order valence-electron chi connectivity index (χ0n) is 28.7. The molecule has 0 bridgehead atoms. The quantitative estimate of drug-likeness (QED) is 0.174. The first-order chi connectivity index (χ1) is 26.3. The minimum absolute atomic E-state index is 0.0237. The van der Waals surface area contributed by atoms with Crippen LogP contribution in [0.2, 0.25) is 0 Å². The fourth-order valence-electron chi connectivity index (χ4n) is 9.76. The van der Waals surface area contributed by atoms with Gasteiger partial charge in [-0.25, -0.2) is 0 Å². The number of nitrogens with zero attached hydrogens (tertiary/aromatic N) is 1. The number of ether oxygens (including phenoxy) is 2. The van der Waals surface area contributed by atoms with Gasteiger partial charge in [-0.1, -0.05) is 152 Å². The number of hydrogen-bond donors (Lipinski definition) is 0. The fraction of sp³-hybridized carbons (Fsp3) is 0.0204. The highest BCUT2D eigenvalue weighted by atomic mass is 16.5. The Kier molecular flexibility index (Phi) is 5.79. The Morgan fingerprint density at radius 1 is 0.453 bits per heavy atom. The van der Waals surface area contributed by atoms with Gasteiger partial charge in [0, 0.05) is 33.9 Å². The Labute approximate surface area is 307 Å². The highest BCUT2D eigenvalue weighted by Gasteiger charge is 2.47. The van der Waals surface area contributed by atoms with E-state index in [-0.39, 0.29) is 6.71 Å². The maximum absolute atomic E-state index is 6.81. The maximum atomic E-state index is 6.81. The average Bonchev–Trinajstić information content (AvgIpc) is 3.72. The van der Waals surface area contributed by atoms with Gasteiger partial charge in [-0.3, -0.25) is 0 Å². The topological polar surface area (TPSA) is 23.4 Å². The van der Waals surface area contributed by atoms with Crippen LogP contribution in [0.1, 0.15) is 22.3 Å². The Morgan fingerprint density at radius 3 is 1.70 bits per heavy atom. The second kappa shape index (κ2) is 10.6. The van der Waals surface area contributed by atoms with E-state index in [2.05, 4.69) is 187 Å². The van der Waals surface area contributed by atoms with E-state index in [1.807, 2.05) is 0 Å². The van der Waals surface area contributed by atoms with Crippen molar-refractivity contribution in [3.05, 3.63) is 204 Å². The van der Waals surface area contributed by atoms with Crippen molar-refractivity contribution in [3.63, 3.8) is 0 Å². The summed E-state index contributed by atoms with van der Waals surface area (Å²) in [5.41, 5.74) is 13.8. The van der Waals surface area contributed by atoms with Gasteiger partial charge < -0.3 is 14.0 Å². The van der Waals surface area contributed by atoms with Gasteiger partial charge in [0.25, 0.3) is 6.71 Å². The first-order valence-electron chi connectivity index (χ1n) is 18.3. The molecule has 9 aromatic rings. The van der Waals surface area contributed by atoms with E-state index in [0.717, 1.165) is 50.6 Å². The number of benzene rings is 8. The van der Waals surface area contributed by atoms with E-state index >= 15 is 0 Å². The molecule has 12 rings (SSSR count). The summed E-state index contributed by atoms with van der Waals surface area (Å²) in [4.78, 5) is 0. The number of hydrogen-bond acceptors (Lipinski definition) is 2. The maximum Gasteiger partial charge on any atom is 0.260 e. The summed E-state index contributed by atoms with van der Waals surface area (Å²) >= 11 is 0. The van der Waals surface area contributed by atoms with Gasteiger partial charge >= 0.3 is 0 Å². The predicted octanol–water partition coefficient (Wildman–Crippen LogP) is 9.87. The number of rotatable bonds is 3. The monoisotopic (exact) mass is 675 g/mol. The Balaban J connectivity index is 1.20. The van der Waals surface area contributed by atoms with Crippen LogP contribution in [-0.2, 0) is 5.41 Å². The molecule has 53 heavy (non-hydrogen) atoms. The summed E-state index contributed by atoms with van der Waals surface area (Å²) in [6, 6.07) is 65.8. The van der Waals surface area contributed by atoms with Crippen LogP contribution < -0.4 is 25.9 Å². The Bertz CT molecular complexity index is 2860. The van der Waals surface area contributed by atoms with E-state index in [0.29, 0.717) is 0 Å². The third-order valence-electron chi connectivity index (χ3n) is 11.8. The van der Waals surface area contributed by atoms with Gasteiger partial charge in [0.15, 0.2) is 0 Å². The molecule has 0 amide bonds. The SMILES string of the molecule is c1ccc(C2(c3ccccc3)c3ccccc3-c3c2ccc2c4ccccc4n(-c4cc5c6c(c4)Oc4ccccc4B6c4ccccc4O5)c32)cc1. The van der Waals surface area contributed by atoms with Crippen LogP contribution in [0.5, 0.6) is 23.0 Å². The first-order valence-corrected chi connectivity index (χ1v) is 18.3. The molecular formula is C49H30BNO2. The van der Waals surface area contributed by atoms with Crippen LogP contribution in [0, 0.1) is 0 Å². The molecule has 0 saturated heterocycles. The van der Waals surface area contributed by atoms with Crippen molar-refractivity contribution < 1.29 is 9.47 Å². The molecule has 3 heterocycles. The van der Waals surface area contributed by atoms with Crippen LogP contribution in [0.4, 0.5) is 0 Å². The lowest BCUT2D eigenvalue weighted by atomic mass is 9.35. The van der Waals surface area contributed by atoms with Gasteiger partial charge in [0.05, 0.1) is 22.1 Å². The van der Waals surface area contributed by atoms with Gasteiger partial charge in [-0.05, 0) is 56.9 Å². The molecule has 1 aliphatic carbocycles. The second-order valence-electron chi connectivity index (χ2n) is 14.3. The van der Waals surface area contributed by atoms with E-state index < -0.39 is 5.41 Å². The summed E-state index contributed by atoms with van der Waals surface area (Å²) in [6.45, 7) is 0.0237. The van der Waals surface area contributed by atoms with Crippen molar-refractivity contribution in [1.82, 2.24) is 4.57 Å². The molecule has 0 N–H and O–H groups in total. The van der Waals surface area contributed by atoms with Gasteiger partial charge in [0.1, 0.15) is 23.0 Å². The molecular weight excluding hydrogens is 645 g/mol. The van der Waals surface area contributed by atoms with Crippen LogP contribution in [0.25, 0.3) is 38.6 Å². The summed E-state index contributed by atoms with van der Waals surface area (Å²) in [5.74, 6) is 3.43. The highest BCUT2D eigenvalue weighted by molar-refractivity contribution is 6.98. The smallest absolute Gasteiger partial charge is 0.260 e. The van der Waals surface area contributed by atoms with Crippen molar-refractivity contribution in [2.75, 3.05) is 0 Å². The lowest BCUT2D eigenvalue weighted by Crippen LogP contribution is -2.57. The molecule has 0 fully saturated rings. The number of para-hydroxylation sites is 3. The standard InChI is InChI=1S/C49H30BNO2/c1-3-15-31(16-4-1)49(32-17-5-2-6-18-32)37-21-9-7-20-36(37)46-38(49)28-27-35-34-19-8-12-24-41(34)51(48(35)46)33-29-44-47-45(30-33)53-43-26-14-11-23-40(43)50(47)39-22-10-13-25-42(39)52-44/h1-30H. The second-order valence-corrected chi connectivity index (χ2v) is 14.3. The van der Waals surface area contributed by atoms with E-state index in [1.54, 1.807) is 0 Å². The predicted molar refractivity (Wildman–Crippen MR) is 216 cm³/mol. The zero-order valence-corrected chi connectivity index (χ0v) is 28.7. The van der Waals surface area contributed by atoms with Crippen LogP contribution in [0.15, 0.2) is 182 Å². The molecule has 2 aliphatic heterocycles. The third-order valence-corrected chi connectivity index (χ3v) is 11.8. The molecule has 0 unspecified atom stereocenters. The highest BCUT2D eigenvalue weighted by Crippen LogP contribution is 2.58. The fourth-order valence-corrected chi connectivity index (χ4v) is 9.76. The number of fused-ring (bicyclic) bond motifs is 11. The molecule has 0 atom stereocenters. The molecule has 0 spiro atoms. The molecule has 3 aliphatic rings. The molecule has 1 aromatic heterocycles. The van der Waals surface area contributed by atoms with Crippen molar-refractivity contribution >= 4 is 44.9 Å². The minimum Gasteiger partial charge on any atom is -0.458 e. The normalized spacial score (nSPS) is 14.1. The summed E-state index contributed by atoms with van der Waals surface area (Å²) < 4.78 is 16.1. The van der Waals surface area contributed by atoms with Gasteiger partial charge in [-0.15, -0.1) is 0 Å². The van der Waals surface area contributed by atoms with Crippen LogP contribution in [0.3, 0.4) is 0 Å². The van der Waals surface area contributed by atoms with Crippen LogP contribution >= 0.6 is 0 Å². The van der Waals surface area contributed by atoms with Gasteiger partial charge in [-0.2, -0.15) is 0 Å². The van der Waals surface area contributed by atoms with Gasteiger partial charge in [0.2, 0.25) is 0 Å². The number of aromatic nitrogens is 1. The summed E-state index contributed by atoms with van der Waals surface area (Å²) in [6.07, 6.45) is 0. The first kappa shape index (κ1) is 28.9. The average molecular weight is 676 g/mol.